The molecule has 0 unspecified atom stereocenters. The van der Waals surface area contributed by atoms with Crippen molar-refractivity contribution in [1.29, 1.82) is 0 Å². The van der Waals surface area contributed by atoms with Crippen molar-refractivity contribution in [3.8, 4) is 0 Å². The Morgan fingerprint density at radius 3 is 3.05 bits per heavy atom. The van der Waals surface area contributed by atoms with Gasteiger partial charge in [0.1, 0.15) is 6.33 Å². The first-order chi connectivity index (χ1) is 10.1. The minimum absolute atomic E-state index is 0.672. The monoisotopic (exact) mass is 306 g/mol. The van der Waals surface area contributed by atoms with Crippen molar-refractivity contribution in [3.63, 3.8) is 0 Å². The van der Waals surface area contributed by atoms with Crippen molar-refractivity contribution < 1.29 is 0 Å². The average Bonchev–Trinajstić information content (AvgIpc) is 3.04. The van der Waals surface area contributed by atoms with E-state index in [2.05, 4.69) is 45.8 Å². The molecule has 0 saturated heterocycles. The number of hydrogen-bond acceptors (Lipinski definition) is 6. The van der Waals surface area contributed by atoms with Crippen molar-refractivity contribution in [1.82, 2.24) is 25.1 Å². The molecule has 0 fully saturated rings. The molecular formula is C14H22N6S. The molecule has 0 bridgehead atoms. The molecule has 21 heavy (non-hydrogen) atoms. The van der Waals surface area contributed by atoms with E-state index in [0.717, 1.165) is 49.4 Å². The minimum Gasteiger partial charge on any atom is -0.339 e. The van der Waals surface area contributed by atoms with Crippen LogP contribution in [0.25, 0.3) is 0 Å². The Hall–Kier alpha value is -1.47. The zero-order chi connectivity index (χ0) is 14.8. The van der Waals surface area contributed by atoms with Crippen LogP contribution in [0.2, 0.25) is 0 Å². The van der Waals surface area contributed by atoms with Crippen LogP contribution in [-0.4, -0.2) is 32.8 Å². The van der Waals surface area contributed by atoms with Gasteiger partial charge in [-0.25, -0.2) is 4.98 Å². The summed E-state index contributed by atoms with van der Waals surface area (Å²) < 4.78 is 2.11. The molecular weight excluding hydrogens is 284 g/mol. The molecule has 0 aromatic carbocycles. The van der Waals surface area contributed by atoms with Gasteiger partial charge in [0.15, 0.2) is 11.0 Å². The molecule has 114 valence electrons. The number of nitrogens with zero attached hydrogens (tertiary/aromatic N) is 5. The van der Waals surface area contributed by atoms with Crippen molar-refractivity contribution in [3.05, 3.63) is 22.7 Å². The second kappa shape index (κ2) is 6.11. The fourth-order valence-electron chi connectivity index (χ4n) is 2.42. The van der Waals surface area contributed by atoms with Gasteiger partial charge < -0.3 is 14.8 Å². The topological polar surface area (TPSA) is 58.9 Å². The summed E-state index contributed by atoms with van der Waals surface area (Å²) in [6.07, 6.45) is 1.81. The molecule has 2 aromatic rings. The number of nitrogens with one attached hydrogen (secondary N) is 1. The maximum Gasteiger partial charge on any atom is 0.186 e. The predicted molar refractivity (Wildman–Crippen MR) is 84.5 cm³/mol. The van der Waals surface area contributed by atoms with Gasteiger partial charge in [-0.2, -0.15) is 0 Å². The van der Waals surface area contributed by atoms with Crippen LogP contribution in [0.5, 0.6) is 0 Å². The normalized spacial score (nSPS) is 14.8. The zero-order valence-corrected chi connectivity index (χ0v) is 13.7. The summed E-state index contributed by atoms with van der Waals surface area (Å²) in [5.74, 6) is 1.69. The SMILES string of the molecule is Cc1nc(N2CCn3cnnc3C2)sc1CNCC(C)C. The van der Waals surface area contributed by atoms with Crippen LogP contribution in [0, 0.1) is 12.8 Å². The number of rotatable bonds is 5. The first-order valence-electron chi connectivity index (χ1n) is 7.42. The van der Waals surface area contributed by atoms with Gasteiger partial charge in [-0.1, -0.05) is 13.8 Å². The van der Waals surface area contributed by atoms with Gasteiger partial charge in [-0.05, 0) is 19.4 Å². The van der Waals surface area contributed by atoms with Crippen molar-refractivity contribution in [2.24, 2.45) is 5.92 Å². The highest BCUT2D eigenvalue weighted by Crippen LogP contribution is 2.28. The van der Waals surface area contributed by atoms with Gasteiger partial charge in [0, 0.05) is 24.5 Å². The summed E-state index contributed by atoms with van der Waals surface area (Å²) >= 11 is 1.79. The van der Waals surface area contributed by atoms with Gasteiger partial charge in [0.25, 0.3) is 0 Å². The zero-order valence-electron chi connectivity index (χ0n) is 12.8. The Morgan fingerprint density at radius 2 is 2.24 bits per heavy atom. The lowest BCUT2D eigenvalue weighted by atomic mass is 10.2. The quantitative estimate of drug-likeness (QED) is 0.913. The van der Waals surface area contributed by atoms with E-state index in [4.69, 9.17) is 4.98 Å². The van der Waals surface area contributed by atoms with Gasteiger partial charge in [-0.3, -0.25) is 0 Å². The maximum absolute atomic E-state index is 4.74. The van der Waals surface area contributed by atoms with Crippen LogP contribution >= 0.6 is 11.3 Å². The lowest BCUT2D eigenvalue weighted by molar-refractivity contribution is 0.553. The number of fused-ring (bicyclic) bond motifs is 1. The van der Waals surface area contributed by atoms with E-state index in [-0.39, 0.29) is 0 Å². The van der Waals surface area contributed by atoms with Crippen LogP contribution in [0.1, 0.15) is 30.2 Å². The van der Waals surface area contributed by atoms with E-state index < -0.39 is 0 Å². The highest BCUT2D eigenvalue weighted by atomic mass is 32.1. The third kappa shape index (κ3) is 3.24. The first-order valence-corrected chi connectivity index (χ1v) is 8.24. The van der Waals surface area contributed by atoms with E-state index in [1.54, 1.807) is 17.7 Å². The maximum atomic E-state index is 4.74. The highest BCUT2D eigenvalue weighted by molar-refractivity contribution is 7.15. The van der Waals surface area contributed by atoms with E-state index in [9.17, 15) is 0 Å². The average molecular weight is 306 g/mol. The van der Waals surface area contributed by atoms with Gasteiger partial charge in [0.05, 0.1) is 12.2 Å². The summed E-state index contributed by atoms with van der Waals surface area (Å²) in [5.41, 5.74) is 1.14. The summed E-state index contributed by atoms with van der Waals surface area (Å²) in [4.78, 5) is 8.37. The number of hydrogen-bond donors (Lipinski definition) is 1. The van der Waals surface area contributed by atoms with Crippen molar-refractivity contribution in [2.75, 3.05) is 18.0 Å². The molecule has 3 heterocycles. The van der Waals surface area contributed by atoms with E-state index in [1.807, 2.05) is 0 Å². The van der Waals surface area contributed by atoms with Crippen molar-refractivity contribution in [2.45, 2.75) is 40.4 Å². The van der Waals surface area contributed by atoms with Crippen molar-refractivity contribution >= 4 is 16.5 Å². The third-order valence-electron chi connectivity index (χ3n) is 3.63. The molecule has 2 aromatic heterocycles. The molecule has 0 atom stereocenters. The highest BCUT2D eigenvalue weighted by Gasteiger charge is 2.21. The Morgan fingerprint density at radius 1 is 1.38 bits per heavy atom. The van der Waals surface area contributed by atoms with Crippen LogP contribution in [0.3, 0.4) is 0 Å². The molecule has 1 N–H and O–H groups in total. The van der Waals surface area contributed by atoms with Gasteiger partial charge in [0.2, 0.25) is 0 Å². The Kier molecular flexibility index (Phi) is 4.21. The smallest absolute Gasteiger partial charge is 0.186 e. The molecule has 0 aliphatic carbocycles. The second-order valence-electron chi connectivity index (χ2n) is 5.89. The van der Waals surface area contributed by atoms with Crippen LogP contribution < -0.4 is 10.2 Å². The van der Waals surface area contributed by atoms with E-state index >= 15 is 0 Å². The van der Waals surface area contributed by atoms with E-state index in [0.29, 0.717) is 5.92 Å². The fourth-order valence-corrected chi connectivity index (χ4v) is 3.47. The fraction of sp³-hybridized carbons (Fsp3) is 0.643. The molecule has 6 nitrogen and oxygen atoms in total. The van der Waals surface area contributed by atoms with Gasteiger partial charge >= 0.3 is 0 Å². The van der Waals surface area contributed by atoms with E-state index in [1.165, 1.54) is 4.88 Å². The molecule has 0 amide bonds. The Labute approximate surface area is 129 Å². The Bertz CT molecular complexity index is 602. The molecule has 1 aliphatic heterocycles. The largest absolute Gasteiger partial charge is 0.339 e. The summed E-state index contributed by atoms with van der Waals surface area (Å²) in [6, 6.07) is 0. The third-order valence-corrected chi connectivity index (χ3v) is 4.85. The number of anilines is 1. The summed E-state index contributed by atoms with van der Waals surface area (Å²) in [5, 5.41) is 12.7. The lowest BCUT2D eigenvalue weighted by Crippen LogP contribution is -2.33. The van der Waals surface area contributed by atoms with Crippen LogP contribution in [0.15, 0.2) is 6.33 Å². The number of aryl methyl sites for hydroxylation is 1. The minimum atomic E-state index is 0.672. The molecule has 7 heteroatoms. The van der Waals surface area contributed by atoms with Crippen LogP contribution in [-0.2, 0) is 19.6 Å². The molecule has 3 rings (SSSR count). The predicted octanol–water partition coefficient (Wildman–Crippen LogP) is 1.81. The lowest BCUT2D eigenvalue weighted by Gasteiger charge is -2.26. The molecule has 0 saturated carbocycles. The standard InChI is InChI=1S/C14H22N6S/c1-10(2)6-15-7-12-11(3)17-14(21-12)19-4-5-20-9-16-18-13(20)8-19/h9-10,15H,4-8H2,1-3H3. The molecule has 1 aliphatic rings. The molecule has 0 spiro atoms. The molecule has 0 radical (unpaired) electrons. The van der Waals surface area contributed by atoms with Gasteiger partial charge in [-0.15, -0.1) is 21.5 Å². The summed E-state index contributed by atoms with van der Waals surface area (Å²) in [6.45, 7) is 11.2. The van der Waals surface area contributed by atoms with Crippen LogP contribution in [0.4, 0.5) is 5.13 Å². The number of thiazole rings is 1. The second-order valence-corrected chi connectivity index (χ2v) is 6.95. The number of aromatic nitrogens is 4. The Balaban J connectivity index is 1.67. The first kappa shape index (κ1) is 14.5. The summed E-state index contributed by atoms with van der Waals surface area (Å²) in [7, 11) is 0.